The van der Waals surface area contributed by atoms with Crippen molar-refractivity contribution < 1.29 is 10.1 Å². The molecule has 0 spiro atoms. The van der Waals surface area contributed by atoms with Crippen LogP contribution in [0.15, 0.2) is 29.2 Å². The molecule has 2 nitrogen and oxygen atoms in total. The molecule has 1 N–H and O–H groups in total. The van der Waals surface area contributed by atoms with E-state index in [0.29, 0.717) is 10.6 Å². The summed E-state index contributed by atoms with van der Waals surface area (Å²) >= 11 is 4.77. The lowest BCUT2D eigenvalue weighted by atomic mass is 10.3. The highest BCUT2D eigenvalue weighted by Crippen LogP contribution is 2.19. The van der Waals surface area contributed by atoms with Gasteiger partial charge in [0.25, 0.3) is 0 Å². The SMILES string of the molecule is OOc1ccccc1[S]. The van der Waals surface area contributed by atoms with Crippen molar-refractivity contribution in [2.75, 3.05) is 0 Å². The molecular formula is C6H5O2S. The van der Waals surface area contributed by atoms with Gasteiger partial charge in [-0.3, -0.25) is 0 Å². The lowest BCUT2D eigenvalue weighted by Crippen LogP contribution is -1.83. The van der Waals surface area contributed by atoms with E-state index in [1.54, 1.807) is 24.3 Å². The Bertz CT molecular complexity index is 200. The van der Waals surface area contributed by atoms with E-state index in [1.807, 2.05) is 0 Å². The van der Waals surface area contributed by atoms with E-state index in [0.717, 1.165) is 0 Å². The van der Waals surface area contributed by atoms with E-state index in [9.17, 15) is 0 Å². The summed E-state index contributed by atoms with van der Waals surface area (Å²) in [4.78, 5) is 4.45. The maximum atomic E-state index is 8.15. The van der Waals surface area contributed by atoms with Crippen LogP contribution in [0.3, 0.4) is 0 Å². The number of para-hydroxylation sites is 1. The lowest BCUT2D eigenvalue weighted by molar-refractivity contribution is -0.140. The van der Waals surface area contributed by atoms with Gasteiger partial charge in [-0.25, -0.2) is 5.26 Å². The van der Waals surface area contributed by atoms with Crippen molar-refractivity contribution in [1.82, 2.24) is 0 Å². The van der Waals surface area contributed by atoms with E-state index in [4.69, 9.17) is 17.9 Å². The minimum Gasteiger partial charge on any atom is -0.339 e. The van der Waals surface area contributed by atoms with Gasteiger partial charge in [0.2, 0.25) is 0 Å². The van der Waals surface area contributed by atoms with E-state index in [2.05, 4.69) is 4.89 Å². The third-order valence-electron chi connectivity index (χ3n) is 0.948. The van der Waals surface area contributed by atoms with Crippen molar-refractivity contribution in [1.29, 1.82) is 0 Å². The summed E-state index contributed by atoms with van der Waals surface area (Å²) in [5.74, 6) is 0.326. The molecule has 0 aromatic heterocycles. The van der Waals surface area contributed by atoms with E-state index < -0.39 is 0 Å². The van der Waals surface area contributed by atoms with Crippen molar-refractivity contribution >= 4 is 12.6 Å². The average molecular weight is 141 g/mol. The summed E-state index contributed by atoms with van der Waals surface area (Å²) < 4.78 is 0. The molecule has 1 rings (SSSR count). The Kier molecular flexibility index (Phi) is 1.87. The first kappa shape index (κ1) is 6.32. The van der Waals surface area contributed by atoms with Gasteiger partial charge < -0.3 is 4.89 Å². The fraction of sp³-hybridized carbons (Fsp3) is 0. The van der Waals surface area contributed by atoms with Crippen LogP contribution in [-0.4, -0.2) is 5.26 Å². The highest BCUT2D eigenvalue weighted by molar-refractivity contribution is 7.80. The molecule has 9 heavy (non-hydrogen) atoms. The molecule has 0 fully saturated rings. The molecule has 0 saturated heterocycles. The Morgan fingerprint density at radius 2 is 2.00 bits per heavy atom. The van der Waals surface area contributed by atoms with Gasteiger partial charge in [-0.05, 0) is 12.1 Å². The molecule has 1 aromatic carbocycles. The minimum atomic E-state index is 0.326. The van der Waals surface area contributed by atoms with Gasteiger partial charge in [-0.15, -0.1) is 0 Å². The fourth-order valence-corrected chi connectivity index (χ4v) is 0.709. The van der Waals surface area contributed by atoms with Crippen LogP contribution < -0.4 is 4.89 Å². The molecule has 0 heterocycles. The Labute approximate surface area is 58.4 Å². The average Bonchev–Trinajstić information content (AvgIpc) is 1.89. The zero-order valence-electron chi connectivity index (χ0n) is 4.57. The minimum absolute atomic E-state index is 0.326. The molecular weight excluding hydrogens is 136 g/mol. The summed E-state index contributed by atoms with van der Waals surface area (Å²) in [6.45, 7) is 0. The summed E-state index contributed by atoms with van der Waals surface area (Å²) in [7, 11) is 0. The first-order chi connectivity index (χ1) is 4.34. The van der Waals surface area contributed by atoms with Gasteiger partial charge in [0.05, 0.1) is 4.90 Å². The van der Waals surface area contributed by atoms with Crippen LogP contribution in [0.2, 0.25) is 0 Å². The van der Waals surface area contributed by atoms with Crippen LogP contribution in [0.5, 0.6) is 5.75 Å². The van der Waals surface area contributed by atoms with Crippen LogP contribution in [0.4, 0.5) is 0 Å². The van der Waals surface area contributed by atoms with Crippen LogP contribution in [-0.2, 0) is 0 Å². The summed E-state index contributed by atoms with van der Waals surface area (Å²) in [6, 6.07) is 6.80. The van der Waals surface area contributed by atoms with Crippen molar-refractivity contribution in [3.63, 3.8) is 0 Å². The van der Waals surface area contributed by atoms with E-state index in [1.165, 1.54) is 0 Å². The Hall–Kier alpha value is -0.800. The molecule has 0 amide bonds. The topological polar surface area (TPSA) is 29.5 Å². The number of hydrogen-bond donors (Lipinski definition) is 1. The van der Waals surface area contributed by atoms with E-state index >= 15 is 0 Å². The van der Waals surface area contributed by atoms with Crippen LogP contribution >= 0.6 is 12.6 Å². The maximum absolute atomic E-state index is 8.15. The molecule has 1 aromatic rings. The predicted molar refractivity (Wildman–Crippen MR) is 35.6 cm³/mol. The van der Waals surface area contributed by atoms with Crippen molar-refractivity contribution in [2.24, 2.45) is 0 Å². The van der Waals surface area contributed by atoms with Gasteiger partial charge in [-0.2, -0.15) is 0 Å². The third kappa shape index (κ3) is 1.31. The van der Waals surface area contributed by atoms with Crippen LogP contribution in [0, 0.1) is 0 Å². The van der Waals surface area contributed by atoms with Crippen LogP contribution in [0.1, 0.15) is 0 Å². The Balaban J connectivity index is 3.01. The van der Waals surface area contributed by atoms with Gasteiger partial charge in [0.15, 0.2) is 5.75 Å². The highest BCUT2D eigenvalue weighted by atomic mass is 32.1. The molecule has 0 saturated carbocycles. The quantitative estimate of drug-likeness (QED) is 0.479. The lowest BCUT2D eigenvalue weighted by Gasteiger charge is -1.95. The second kappa shape index (κ2) is 2.66. The smallest absolute Gasteiger partial charge is 0.183 e. The standard InChI is InChI=1S/C6H5O2S/c7-8-5-3-1-2-4-6(5)9/h1-4,7H. The van der Waals surface area contributed by atoms with Gasteiger partial charge >= 0.3 is 0 Å². The van der Waals surface area contributed by atoms with Gasteiger partial charge in [0.1, 0.15) is 0 Å². The Morgan fingerprint density at radius 3 is 2.44 bits per heavy atom. The van der Waals surface area contributed by atoms with E-state index in [-0.39, 0.29) is 0 Å². The van der Waals surface area contributed by atoms with Gasteiger partial charge in [-0.1, -0.05) is 24.8 Å². The molecule has 0 atom stereocenters. The predicted octanol–water partition coefficient (Wildman–Crippen LogP) is 2.09. The second-order valence-corrected chi connectivity index (χ2v) is 1.98. The highest BCUT2D eigenvalue weighted by Gasteiger charge is 1.95. The zero-order valence-corrected chi connectivity index (χ0v) is 5.39. The molecule has 0 unspecified atom stereocenters. The number of benzene rings is 1. The normalized spacial score (nSPS) is 9.00. The molecule has 0 aliphatic rings. The summed E-state index contributed by atoms with van der Waals surface area (Å²) in [5, 5.41) is 8.15. The monoisotopic (exact) mass is 141 g/mol. The summed E-state index contributed by atoms with van der Waals surface area (Å²) in [6.07, 6.45) is 0. The van der Waals surface area contributed by atoms with Crippen molar-refractivity contribution in [2.45, 2.75) is 4.90 Å². The third-order valence-corrected chi connectivity index (χ3v) is 1.28. The summed E-state index contributed by atoms with van der Waals surface area (Å²) in [5.41, 5.74) is 0. The molecule has 3 heteroatoms. The number of hydrogen-bond acceptors (Lipinski definition) is 2. The Morgan fingerprint density at radius 1 is 1.33 bits per heavy atom. The van der Waals surface area contributed by atoms with Crippen LogP contribution in [0.25, 0.3) is 0 Å². The largest absolute Gasteiger partial charge is 0.339 e. The van der Waals surface area contributed by atoms with Crippen molar-refractivity contribution in [3.8, 4) is 5.75 Å². The first-order valence-corrected chi connectivity index (χ1v) is 2.83. The second-order valence-electron chi connectivity index (χ2n) is 1.54. The van der Waals surface area contributed by atoms with Crippen molar-refractivity contribution in [3.05, 3.63) is 24.3 Å². The zero-order chi connectivity index (χ0) is 6.69. The molecule has 0 aliphatic carbocycles. The fourth-order valence-electron chi connectivity index (χ4n) is 0.526. The maximum Gasteiger partial charge on any atom is 0.183 e. The molecule has 0 aliphatic heterocycles. The van der Waals surface area contributed by atoms with Gasteiger partial charge in [0, 0.05) is 0 Å². The molecule has 47 valence electrons. The molecule has 1 radical (unpaired) electrons. The molecule has 0 bridgehead atoms. The number of rotatable bonds is 1. The first-order valence-electron chi connectivity index (χ1n) is 2.42.